The quantitative estimate of drug-likeness (QED) is 0.173. The van der Waals surface area contributed by atoms with E-state index in [0.29, 0.717) is 0 Å². The molecule has 0 saturated heterocycles. The van der Waals surface area contributed by atoms with Gasteiger partial charge in [0.05, 0.1) is 44.1 Å². The number of hydrogen-bond donors (Lipinski definition) is 0. The van der Waals surface area contributed by atoms with Crippen molar-refractivity contribution in [2.24, 2.45) is 0 Å². The van der Waals surface area contributed by atoms with Crippen LogP contribution in [0.1, 0.15) is 0 Å². The first-order valence-electron chi connectivity index (χ1n) is 20.4. The van der Waals surface area contributed by atoms with E-state index in [9.17, 15) is 0 Å². The highest BCUT2D eigenvalue weighted by Crippen LogP contribution is 2.48. The first-order chi connectivity index (χ1) is 29.3. The molecule has 270 valence electrons. The van der Waals surface area contributed by atoms with Crippen LogP contribution in [0.25, 0.3) is 137 Å². The van der Waals surface area contributed by atoms with Crippen LogP contribution in [0.3, 0.4) is 0 Å². The van der Waals surface area contributed by atoms with Gasteiger partial charge >= 0.3 is 0 Å². The number of nitrogens with zero attached hydrogens (tertiary/aromatic N) is 4. The van der Waals surface area contributed by atoms with E-state index in [1.54, 1.807) is 0 Å². The molecule has 0 aliphatic heterocycles. The molecule has 0 aliphatic rings. The van der Waals surface area contributed by atoms with Crippen molar-refractivity contribution < 1.29 is 0 Å². The summed E-state index contributed by atoms with van der Waals surface area (Å²) in [6.45, 7) is 0. The molecule has 0 amide bonds. The number of rotatable bonds is 2. The molecule has 0 saturated carbocycles. The van der Waals surface area contributed by atoms with Crippen LogP contribution in [-0.2, 0) is 0 Å². The van der Waals surface area contributed by atoms with Gasteiger partial charge in [0, 0.05) is 65.1 Å². The van der Waals surface area contributed by atoms with Crippen molar-refractivity contribution in [1.82, 2.24) is 18.4 Å². The van der Waals surface area contributed by atoms with Gasteiger partial charge in [-0.1, -0.05) is 140 Å². The average molecular weight is 747 g/mol. The molecule has 0 bridgehead atoms. The first-order valence-corrected chi connectivity index (χ1v) is 20.4. The van der Waals surface area contributed by atoms with Gasteiger partial charge in [-0.3, -0.25) is 4.40 Å². The number of hydrogen-bond acceptors (Lipinski definition) is 1. The van der Waals surface area contributed by atoms with Crippen LogP contribution in [0, 0.1) is 0 Å². The summed E-state index contributed by atoms with van der Waals surface area (Å²) in [5.41, 5.74) is 14.1. The van der Waals surface area contributed by atoms with Crippen LogP contribution >= 0.6 is 0 Å². The van der Waals surface area contributed by atoms with Gasteiger partial charge in [-0.2, -0.15) is 0 Å². The zero-order chi connectivity index (χ0) is 38.1. The molecular formula is C55H30N4. The van der Waals surface area contributed by atoms with Gasteiger partial charge in [0.15, 0.2) is 0 Å². The molecular weight excluding hydrogens is 717 g/mol. The predicted molar refractivity (Wildman–Crippen MR) is 248 cm³/mol. The highest BCUT2D eigenvalue weighted by Gasteiger charge is 2.26. The van der Waals surface area contributed by atoms with Crippen molar-refractivity contribution in [3.63, 3.8) is 0 Å². The number of aromatic nitrogens is 4. The molecule has 0 spiro atoms. The standard InChI is InChI=1S/C55H30N4/c1-2-14-34(15-3-1)57-46-23-9-8-18-38(46)43-28-33(25-27-47(43)57)37-19-10-20-39-40-21-11-22-42-50-48(58(51(37)39)53(40)42)30-45-49-35-16-6-5-13-32(35)29-44-41-26-24-31-12-4-7-17-36(31)52(41)59(54(44)49)55(45)56-50/h1-30H. The van der Waals surface area contributed by atoms with E-state index in [1.165, 1.54) is 120 Å². The summed E-state index contributed by atoms with van der Waals surface area (Å²) >= 11 is 0. The Balaban J connectivity index is 1.10. The third-order valence-electron chi connectivity index (χ3n) is 13.4. The lowest BCUT2D eigenvalue weighted by Crippen LogP contribution is -1.93. The van der Waals surface area contributed by atoms with Gasteiger partial charge in [-0.25, -0.2) is 4.98 Å². The number of pyridine rings is 1. The third-order valence-corrected chi connectivity index (χ3v) is 13.4. The first kappa shape index (κ1) is 30.2. The van der Waals surface area contributed by atoms with E-state index in [-0.39, 0.29) is 0 Å². The lowest BCUT2D eigenvalue weighted by atomic mass is 9.99. The van der Waals surface area contributed by atoms with Gasteiger partial charge < -0.3 is 8.97 Å². The van der Waals surface area contributed by atoms with Crippen LogP contribution in [0.5, 0.6) is 0 Å². The molecule has 9 aromatic carbocycles. The molecule has 0 atom stereocenters. The second-order valence-corrected chi connectivity index (χ2v) is 16.3. The molecule has 4 nitrogen and oxygen atoms in total. The minimum Gasteiger partial charge on any atom is -0.309 e. The van der Waals surface area contributed by atoms with Crippen molar-refractivity contribution in [2.45, 2.75) is 0 Å². The Morgan fingerprint density at radius 1 is 0.339 bits per heavy atom. The maximum absolute atomic E-state index is 5.78. The Labute approximate surface area is 335 Å². The molecule has 0 fully saturated rings. The van der Waals surface area contributed by atoms with Gasteiger partial charge in [-0.05, 0) is 64.2 Å². The Bertz CT molecular complexity index is 4300. The van der Waals surface area contributed by atoms with Gasteiger partial charge in [0.1, 0.15) is 5.65 Å². The average Bonchev–Trinajstić information content (AvgIpc) is 4.08. The number of fused-ring (bicyclic) bond motifs is 19. The lowest BCUT2D eigenvalue weighted by Gasteiger charge is -2.09. The summed E-state index contributed by atoms with van der Waals surface area (Å²) in [6.07, 6.45) is 0. The predicted octanol–water partition coefficient (Wildman–Crippen LogP) is 14.5. The topological polar surface area (TPSA) is 26.6 Å². The number of para-hydroxylation sites is 4. The van der Waals surface area contributed by atoms with E-state index in [0.717, 1.165) is 16.7 Å². The van der Waals surface area contributed by atoms with Crippen LogP contribution in [0.2, 0.25) is 0 Å². The van der Waals surface area contributed by atoms with Crippen molar-refractivity contribution in [1.29, 1.82) is 0 Å². The number of benzene rings is 9. The molecule has 4 heteroatoms. The summed E-state index contributed by atoms with van der Waals surface area (Å²) in [5.74, 6) is 0. The Morgan fingerprint density at radius 2 is 1.02 bits per heavy atom. The summed E-state index contributed by atoms with van der Waals surface area (Å²) in [5, 5.41) is 16.2. The Kier molecular flexibility index (Phi) is 5.38. The normalized spacial score (nSPS) is 12.7. The molecule has 6 heterocycles. The van der Waals surface area contributed by atoms with E-state index in [2.05, 4.69) is 195 Å². The highest BCUT2D eigenvalue weighted by molar-refractivity contribution is 6.34. The summed E-state index contributed by atoms with van der Waals surface area (Å²) in [6, 6.07) is 67.2. The van der Waals surface area contributed by atoms with Crippen molar-refractivity contribution >= 4 is 120 Å². The zero-order valence-corrected chi connectivity index (χ0v) is 31.6. The van der Waals surface area contributed by atoms with Gasteiger partial charge in [0.2, 0.25) is 0 Å². The largest absolute Gasteiger partial charge is 0.309 e. The van der Waals surface area contributed by atoms with Crippen molar-refractivity contribution in [3.8, 4) is 16.8 Å². The fraction of sp³-hybridized carbons (Fsp3) is 0. The summed E-state index contributed by atoms with van der Waals surface area (Å²) in [7, 11) is 0. The minimum absolute atomic E-state index is 1.01. The Morgan fingerprint density at radius 3 is 1.92 bits per heavy atom. The maximum Gasteiger partial charge on any atom is 0.146 e. The van der Waals surface area contributed by atoms with Crippen LogP contribution in [-0.4, -0.2) is 18.4 Å². The van der Waals surface area contributed by atoms with Crippen LogP contribution in [0.15, 0.2) is 182 Å². The molecule has 59 heavy (non-hydrogen) atoms. The van der Waals surface area contributed by atoms with Crippen molar-refractivity contribution in [2.75, 3.05) is 0 Å². The fourth-order valence-corrected chi connectivity index (χ4v) is 11.1. The van der Waals surface area contributed by atoms with Gasteiger partial charge in [0.25, 0.3) is 0 Å². The van der Waals surface area contributed by atoms with Crippen LogP contribution < -0.4 is 0 Å². The van der Waals surface area contributed by atoms with E-state index < -0.39 is 0 Å². The molecule has 0 unspecified atom stereocenters. The van der Waals surface area contributed by atoms with Gasteiger partial charge in [-0.15, -0.1) is 0 Å². The SMILES string of the molecule is c1ccc(-n2c3ccccc3c3cc(-c4cccc5c6cccc7c8nc9c(cc8n(c45)c67)c4c5ccccc5cc5c6ccc7ccccc7c6n9c54)ccc32)cc1. The second-order valence-electron chi connectivity index (χ2n) is 16.3. The van der Waals surface area contributed by atoms with Crippen molar-refractivity contribution in [3.05, 3.63) is 182 Å². The molecule has 0 radical (unpaired) electrons. The monoisotopic (exact) mass is 746 g/mol. The highest BCUT2D eigenvalue weighted by atomic mass is 15.0. The summed E-state index contributed by atoms with van der Waals surface area (Å²) in [4.78, 5) is 5.78. The molecule has 15 rings (SSSR count). The molecule has 0 aliphatic carbocycles. The van der Waals surface area contributed by atoms with E-state index in [1.807, 2.05) is 0 Å². The molecule has 6 aromatic heterocycles. The van der Waals surface area contributed by atoms with E-state index >= 15 is 0 Å². The second kappa shape index (κ2) is 10.5. The Hall–Kier alpha value is -7.95. The summed E-state index contributed by atoms with van der Waals surface area (Å²) < 4.78 is 7.39. The maximum atomic E-state index is 5.78. The molecule has 0 N–H and O–H groups in total. The zero-order valence-electron chi connectivity index (χ0n) is 31.6. The molecule has 15 aromatic rings. The fourth-order valence-electron chi connectivity index (χ4n) is 11.1. The lowest BCUT2D eigenvalue weighted by molar-refractivity contribution is 1.18. The van der Waals surface area contributed by atoms with Crippen LogP contribution in [0.4, 0.5) is 0 Å². The smallest absolute Gasteiger partial charge is 0.146 e. The third kappa shape index (κ3) is 3.60. The van der Waals surface area contributed by atoms with E-state index in [4.69, 9.17) is 4.98 Å². The minimum atomic E-state index is 1.01.